The quantitative estimate of drug-likeness (QED) is 0.760. The minimum absolute atomic E-state index is 0. The lowest BCUT2D eigenvalue weighted by Gasteiger charge is -2.18. The molecule has 13 heavy (non-hydrogen) atoms. The Kier molecular flexibility index (Phi) is 3.91. The van der Waals surface area contributed by atoms with E-state index in [4.69, 9.17) is 10.8 Å². The van der Waals surface area contributed by atoms with Crippen LogP contribution in [0.4, 0.5) is 0 Å². The Labute approximate surface area is 83.0 Å². The minimum Gasteiger partial charge on any atom is -0.480 e. The van der Waals surface area contributed by atoms with Crippen LogP contribution in [0.3, 0.4) is 0 Å². The van der Waals surface area contributed by atoms with Gasteiger partial charge in [-0.25, -0.2) is 4.79 Å². The molecule has 0 aromatic heterocycles. The molecule has 0 aliphatic rings. The summed E-state index contributed by atoms with van der Waals surface area (Å²) in [6.07, 6.45) is 0. The third-order valence-corrected chi connectivity index (χ3v) is 1.82. The Morgan fingerprint density at radius 2 is 1.85 bits per heavy atom. The van der Waals surface area contributed by atoms with Crippen LogP contribution in [-0.2, 0) is 10.3 Å². The lowest BCUT2D eigenvalue weighted by molar-refractivity contribution is -0.143. The monoisotopic (exact) mass is 201 g/mol. The van der Waals surface area contributed by atoms with E-state index >= 15 is 0 Å². The maximum absolute atomic E-state index is 10.7. The fourth-order valence-electron chi connectivity index (χ4n) is 0.908. The second-order valence-electron chi connectivity index (χ2n) is 2.87. The van der Waals surface area contributed by atoms with Crippen molar-refractivity contribution in [2.24, 2.45) is 5.73 Å². The van der Waals surface area contributed by atoms with Crippen LogP contribution in [0.1, 0.15) is 12.5 Å². The van der Waals surface area contributed by atoms with Gasteiger partial charge in [0.25, 0.3) is 0 Å². The van der Waals surface area contributed by atoms with E-state index in [1.54, 1.807) is 24.3 Å². The number of carbonyl (C=O) groups is 1. The third kappa shape index (κ3) is 2.44. The third-order valence-electron chi connectivity index (χ3n) is 1.82. The molecule has 72 valence electrons. The first-order valence-corrected chi connectivity index (χ1v) is 3.63. The number of aliphatic carboxylic acids is 1. The van der Waals surface area contributed by atoms with E-state index < -0.39 is 11.5 Å². The summed E-state index contributed by atoms with van der Waals surface area (Å²) in [6, 6.07) is 8.76. The van der Waals surface area contributed by atoms with Gasteiger partial charge in [0.15, 0.2) is 0 Å². The summed E-state index contributed by atoms with van der Waals surface area (Å²) < 4.78 is 0. The van der Waals surface area contributed by atoms with E-state index in [2.05, 4.69) is 0 Å². The van der Waals surface area contributed by atoms with Crippen LogP contribution in [0, 0.1) is 0 Å². The fourth-order valence-corrected chi connectivity index (χ4v) is 0.908. The summed E-state index contributed by atoms with van der Waals surface area (Å²) in [5.41, 5.74) is 4.90. The zero-order chi connectivity index (χ0) is 9.19. The first-order valence-electron chi connectivity index (χ1n) is 3.63. The lowest BCUT2D eigenvalue weighted by Crippen LogP contribution is -2.41. The van der Waals surface area contributed by atoms with Crippen molar-refractivity contribution in [2.75, 3.05) is 0 Å². The highest BCUT2D eigenvalue weighted by Gasteiger charge is 2.29. The van der Waals surface area contributed by atoms with Gasteiger partial charge in [-0.15, -0.1) is 12.4 Å². The Bertz CT molecular complexity index is 285. The van der Waals surface area contributed by atoms with E-state index in [1.807, 2.05) is 6.07 Å². The van der Waals surface area contributed by atoms with E-state index in [0.29, 0.717) is 5.56 Å². The average Bonchev–Trinajstić information content (AvgIpc) is 2.06. The van der Waals surface area contributed by atoms with Gasteiger partial charge in [-0.3, -0.25) is 0 Å². The molecule has 1 aromatic rings. The molecule has 0 radical (unpaired) electrons. The minimum atomic E-state index is -1.29. The van der Waals surface area contributed by atoms with Crippen LogP contribution < -0.4 is 5.73 Å². The number of nitrogens with two attached hydrogens (primary N) is 1. The highest BCUT2D eigenvalue weighted by Crippen LogP contribution is 2.16. The van der Waals surface area contributed by atoms with Crippen molar-refractivity contribution in [3.8, 4) is 0 Å². The highest BCUT2D eigenvalue weighted by atomic mass is 35.5. The Morgan fingerprint density at radius 1 is 1.38 bits per heavy atom. The molecule has 0 saturated carbocycles. The van der Waals surface area contributed by atoms with Gasteiger partial charge in [0, 0.05) is 0 Å². The molecule has 0 aliphatic heterocycles. The topological polar surface area (TPSA) is 63.3 Å². The molecule has 0 spiro atoms. The van der Waals surface area contributed by atoms with Gasteiger partial charge in [0.2, 0.25) is 0 Å². The maximum Gasteiger partial charge on any atom is 0.328 e. The normalized spacial score (nSPS) is 14.0. The molecule has 3 nitrogen and oxygen atoms in total. The Balaban J connectivity index is 0.00000144. The summed E-state index contributed by atoms with van der Waals surface area (Å²) >= 11 is 0. The molecule has 0 saturated heterocycles. The van der Waals surface area contributed by atoms with Crippen LogP contribution in [0.2, 0.25) is 0 Å². The molecule has 0 fully saturated rings. The predicted molar refractivity (Wildman–Crippen MR) is 52.9 cm³/mol. The summed E-state index contributed by atoms with van der Waals surface area (Å²) in [5, 5.41) is 8.77. The van der Waals surface area contributed by atoms with Gasteiger partial charge in [-0.1, -0.05) is 30.3 Å². The second-order valence-corrected chi connectivity index (χ2v) is 2.87. The number of carboxylic acid groups (broad SMARTS) is 1. The molecule has 0 heterocycles. The van der Waals surface area contributed by atoms with Crippen LogP contribution in [0.25, 0.3) is 0 Å². The largest absolute Gasteiger partial charge is 0.480 e. The van der Waals surface area contributed by atoms with E-state index in [0.717, 1.165) is 0 Å². The van der Waals surface area contributed by atoms with Crippen molar-refractivity contribution < 1.29 is 9.90 Å². The van der Waals surface area contributed by atoms with Gasteiger partial charge in [0.1, 0.15) is 5.54 Å². The van der Waals surface area contributed by atoms with Crippen LogP contribution >= 0.6 is 12.4 Å². The van der Waals surface area contributed by atoms with Crippen molar-refractivity contribution in [1.82, 2.24) is 0 Å². The SMILES string of the molecule is CC(N)(C(=O)O)c1ccccc1.Cl. The second kappa shape index (κ2) is 4.25. The number of benzene rings is 1. The summed E-state index contributed by atoms with van der Waals surface area (Å²) in [5.74, 6) is -1.02. The molecular weight excluding hydrogens is 190 g/mol. The van der Waals surface area contributed by atoms with E-state index in [1.165, 1.54) is 6.92 Å². The maximum atomic E-state index is 10.7. The highest BCUT2D eigenvalue weighted by molar-refractivity contribution is 5.85. The molecule has 1 atom stereocenters. The Hall–Kier alpha value is -1.06. The molecule has 1 rings (SSSR count). The summed E-state index contributed by atoms with van der Waals surface area (Å²) in [4.78, 5) is 10.7. The molecule has 3 N–H and O–H groups in total. The van der Waals surface area contributed by atoms with Crippen molar-refractivity contribution in [2.45, 2.75) is 12.5 Å². The van der Waals surface area contributed by atoms with Gasteiger partial charge < -0.3 is 10.8 Å². The number of halogens is 1. The predicted octanol–water partition coefficient (Wildman–Crippen LogP) is 1.37. The lowest BCUT2D eigenvalue weighted by atomic mass is 9.94. The first kappa shape index (κ1) is 11.9. The van der Waals surface area contributed by atoms with Gasteiger partial charge in [-0.2, -0.15) is 0 Å². The average molecular weight is 202 g/mol. The Morgan fingerprint density at radius 3 is 2.23 bits per heavy atom. The van der Waals surface area contributed by atoms with Crippen LogP contribution in [0.15, 0.2) is 30.3 Å². The number of hydrogen-bond acceptors (Lipinski definition) is 2. The number of rotatable bonds is 2. The number of hydrogen-bond donors (Lipinski definition) is 2. The van der Waals surface area contributed by atoms with Crippen molar-refractivity contribution in [1.29, 1.82) is 0 Å². The van der Waals surface area contributed by atoms with Crippen molar-refractivity contribution in [3.63, 3.8) is 0 Å². The zero-order valence-corrected chi connectivity index (χ0v) is 8.04. The van der Waals surface area contributed by atoms with Crippen molar-refractivity contribution in [3.05, 3.63) is 35.9 Å². The van der Waals surface area contributed by atoms with Gasteiger partial charge in [0.05, 0.1) is 0 Å². The summed E-state index contributed by atoms with van der Waals surface area (Å²) in [7, 11) is 0. The standard InChI is InChI=1S/C9H11NO2.ClH/c1-9(10,8(11)12)7-5-3-2-4-6-7;/h2-6H,10H2,1H3,(H,11,12);1H. The molecule has 0 bridgehead atoms. The van der Waals surface area contributed by atoms with Crippen molar-refractivity contribution >= 4 is 18.4 Å². The number of carboxylic acids is 1. The molecule has 0 aliphatic carbocycles. The van der Waals surface area contributed by atoms with E-state index in [9.17, 15) is 4.79 Å². The van der Waals surface area contributed by atoms with Gasteiger partial charge >= 0.3 is 5.97 Å². The fraction of sp³-hybridized carbons (Fsp3) is 0.222. The molecule has 0 amide bonds. The van der Waals surface area contributed by atoms with Crippen LogP contribution in [-0.4, -0.2) is 11.1 Å². The van der Waals surface area contributed by atoms with Crippen LogP contribution in [0.5, 0.6) is 0 Å². The molecule has 4 heteroatoms. The molecule has 1 aromatic carbocycles. The molecular formula is C9H12ClNO2. The van der Waals surface area contributed by atoms with E-state index in [-0.39, 0.29) is 12.4 Å². The smallest absolute Gasteiger partial charge is 0.328 e. The van der Waals surface area contributed by atoms with Gasteiger partial charge in [-0.05, 0) is 12.5 Å². The zero-order valence-electron chi connectivity index (χ0n) is 7.23. The summed E-state index contributed by atoms with van der Waals surface area (Å²) in [6.45, 7) is 1.48. The first-order chi connectivity index (χ1) is 5.55. The molecule has 1 unspecified atom stereocenters.